The number of ether oxygens (including phenoxy) is 2. The molecule has 9 nitrogen and oxygen atoms in total. The number of Topliss-reactive ketones (excluding diaryl/α,β-unsaturated/α-hetero) is 3. The summed E-state index contributed by atoms with van der Waals surface area (Å²) in [5, 5.41) is 2.87. The van der Waals surface area contributed by atoms with Crippen LogP contribution in [0.1, 0.15) is 68.2 Å². The molecular weight excluding hydrogens is 474 g/mol. The lowest BCUT2D eigenvalue weighted by molar-refractivity contribution is -0.123. The van der Waals surface area contributed by atoms with E-state index in [-0.39, 0.29) is 67.9 Å². The molecule has 1 unspecified atom stereocenters. The molecule has 0 spiro atoms. The van der Waals surface area contributed by atoms with Gasteiger partial charge in [-0.25, -0.2) is 0 Å². The molecule has 2 aromatic rings. The van der Waals surface area contributed by atoms with Crippen LogP contribution < -0.4 is 5.32 Å². The summed E-state index contributed by atoms with van der Waals surface area (Å²) in [5.41, 5.74) is 2.05. The van der Waals surface area contributed by atoms with Gasteiger partial charge in [-0.1, -0.05) is 27.7 Å². The Morgan fingerprint density at radius 3 is 1.78 bits per heavy atom. The lowest BCUT2D eigenvalue weighted by Crippen LogP contribution is -2.42. The van der Waals surface area contributed by atoms with Crippen molar-refractivity contribution in [3.8, 4) is 11.4 Å². The molecule has 0 aromatic carbocycles. The van der Waals surface area contributed by atoms with E-state index in [1.54, 1.807) is 24.3 Å². The van der Waals surface area contributed by atoms with Crippen molar-refractivity contribution in [2.45, 2.75) is 53.5 Å². The number of amides is 1. The summed E-state index contributed by atoms with van der Waals surface area (Å²) in [4.78, 5) is 56.6. The van der Waals surface area contributed by atoms with Crippen LogP contribution in [0.3, 0.4) is 0 Å². The maximum absolute atomic E-state index is 12.8. The number of carbonyl (C=O) groups excluding carboxylic acids is 4. The Labute approximate surface area is 218 Å². The van der Waals surface area contributed by atoms with Gasteiger partial charge in [0.2, 0.25) is 0 Å². The summed E-state index contributed by atoms with van der Waals surface area (Å²) in [7, 11) is 0. The maximum Gasteiger partial charge on any atom is 0.253 e. The molecule has 0 aliphatic carbocycles. The first-order valence-corrected chi connectivity index (χ1v) is 12.5. The third kappa shape index (κ3) is 10.3. The maximum atomic E-state index is 12.8. The number of rotatable bonds is 16. The standard InChI is InChI=1S/C28H37N3O6/c1-18(2)26(33)11-13-37-17-23(16-36-12-10-20(5)32)31-28(35)22-7-9-25(30-15-22)24-8-6-21(14-29-24)27(34)19(3)4/h6-9,14-15,18-19,23H,10-13,16-17H2,1-5H3,(H,31,35). The molecule has 0 saturated heterocycles. The number of nitrogens with one attached hydrogen (secondary N) is 1. The largest absolute Gasteiger partial charge is 0.379 e. The molecule has 0 aliphatic heterocycles. The number of carbonyl (C=O) groups is 4. The minimum absolute atomic E-state index is 0.0193. The fourth-order valence-corrected chi connectivity index (χ4v) is 3.23. The molecule has 200 valence electrons. The fraction of sp³-hybridized carbons (Fsp3) is 0.500. The molecule has 2 heterocycles. The first kappa shape index (κ1) is 29.9. The number of hydrogen-bond acceptors (Lipinski definition) is 8. The average Bonchev–Trinajstić information content (AvgIpc) is 2.88. The van der Waals surface area contributed by atoms with Crippen LogP contribution in [-0.2, 0) is 19.1 Å². The van der Waals surface area contributed by atoms with Gasteiger partial charge in [0.15, 0.2) is 5.78 Å². The predicted octanol–water partition coefficient (Wildman–Crippen LogP) is 3.71. The quantitative estimate of drug-likeness (QED) is 0.267. The van der Waals surface area contributed by atoms with Crippen LogP contribution in [0.2, 0.25) is 0 Å². The van der Waals surface area contributed by atoms with E-state index >= 15 is 0 Å². The number of pyridine rings is 2. The van der Waals surface area contributed by atoms with Crippen LogP contribution in [0.25, 0.3) is 11.4 Å². The Kier molecular flexibility index (Phi) is 12.2. The zero-order valence-electron chi connectivity index (χ0n) is 22.3. The van der Waals surface area contributed by atoms with Gasteiger partial charge in [-0.15, -0.1) is 0 Å². The molecule has 9 heteroatoms. The molecule has 37 heavy (non-hydrogen) atoms. The van der Waals surface area contributed by atoms with Crippen molar-refractivity contribution in [1.29, 1.82) is 0 Å². The summed E-state index contributed by atoms with van der Waals surface area (Å²) in [6, 6.07) is 6.31. The van der Waals surface area contributed by atoms with Gasteiger partial charge < -0.3 is 14.8 Å². The zero-order chi connectivity index (χ0) is 27.4. The number of hydrogen-bond donors (Lipinski definition) is 1. The van der Waals surface area contributed by atoms with Crippen LogP contribution in [-0.4, -0.2) is 65.7 Å². The number of nitrogens with zero attached hydrogens (tertiary/aromatic N) is 2. The van der Waals surface area contributed by atoms with Crippen molar-refractivity contribution in [2.24, 2.45) is 11.8 Å². The van der Waals surface area contributed by atoms with Crippen LogP contribution in [0.5, 0.6) is 0 Å². The summed E-state index contributed by atoms with van der Waals surface area (Å²) in [6.07, 6.45) is 3.58. The molecule has 2 rings (SSSR count). The average molecular weight is 512 g/mol. The van der Waals surface area contributed by atoms with E-state index in [0.717, 1.165) is 0 Å². The molecule has 0 aliphatic rings. The predicted molar refractivity (Wildman–Crippen MR) is 139 cm³/mol. The lowest BCUT2D eigenvalue weighted by Gasteiger charge is -2.19. The summed E-state index contributed by atoms with van der Waals surface area (Å²) in [5.74, 6) is -0.368. The van der Waals surface area contributed by atoms with E-state index in [1.807, 2.05) is 27.7 Å². The monoisotopic (exact) mass is 511 g/mol. The van der Waals surface area contributed by atoms with Crippen molar-refractivity contribution in [3.05, 3.63) is 47.8 Å². The Morgan fingerprint density at radius 1 is 0.784 bits per heavy atom. The van der Waals surface area contributed by atoms with Gasteiger partial charge in [-0.3, -0.25) is 29.1 Å². The van der Waals surface area contributed by atoms with Crippen LogP contribution in [0.4, 0.5) is 0 Å². The Bertz CT molecular complexity index is 1050. The van der Waals surface area contributed by atoms with Crippen LogP contribution >= 0.6 is 0 Å². The first-order chi connectivity index (χ1) is 17.6. The third-order valence-corrected chi connectivity index (χ3v) is 5.57. The second kappa shape index (κ2) is 15.1. The zero-order valence-corrected chi connectivity index (χ0v) is 22.3. The van der Waals surface area contributed by atoms with E-state index in [0.29, 0.717) is 28.9 Å². The van der Waals surface area contributed by atoms with Gasteiger partial charge in [-0.2, -0.15) is 0 Å². The van der Waals surface area contributed by atoms with Gasteiger partial charge in [0.1, 0.15) is 11.6 Å². The Morgan fingerprint density at radius 2 is 1.32 bits per heavy atom. The summed E-state index contributed by atoms with van der Waals surface area (Å²) >= 11 is 0. The van der Waals surface area contributed by atoms with Crippen molar-refractivity contribution in [1.82, 2.24) is 15.3 Å². The smallest absolute Gasteiger partial charge is 0.253 e. The first-order valence-electron chi connectivity index (χ1n) is 12.5. The molecule has 2 aromatic heterocycles. The van der Waals surface area contributed by atoms with E-state index in [9.17, 15) is 19.2 Å². The third-order valence-electron chi connectivity index (χ3n) is 5.57. The molecule has 0 radical (unpaired) electrons. The Hall–Kier alpha value is -3.30. The highest BCUT2D eigenvalue weighted by molar-refractivity contribution is 5.97. The minimum atomic E-state index is -0.471. The minimum Gasteiger partial charge on any atom is -0.379 e. The normalized spacial score (nSPS) is 12.0. The van der Waals surface area contributed by atoms with E-state index in [1.165, 1.54) is 19.3 Å². The van der Waals surface area contributed by atoms with Crippen molar-refractivity contribution in [3.63, 3.8) is 0 Å². The van der Waals surface area contributed by atoms with Gasteiger partial charge in [0, 0.05) is 42.6 Å². The summed E-state index contributed by atoms with van der Waals surface area (Å²) in [6.45, 7) is 9.67. The topological polar surface area (TPSA) is 125 Å². The van der Waals surface area contributed by atoms with Gasteiger partial charge in [0.25, 0.3) is 5.91 Å². The van der Waals surface area contributed by atoms with Gasteiger partial charge in [-0.05, 0) is 31.2 Å². The van der Waals surface area contributed by atoms with E-state index in [4.69, 9.17) is 9.47 Å². The highest BCUT2D eigenvalue weighted by Gasteiger charge is 2.17. The van der Waals surface area contributed by atoms with Gasteiger partial charge >= 0.3 is 0 Å². The van der Waals surface area contributed by atoms with Crippen LogP contribution in [0.15, 0.2) is 36.7 Å². The highest BCUT2D eigenvalue weighted by atomic mass is 16.5. The summed E-state index contributed by atoms with van der Waals surface area (Å²) < 4.78 is 11.2. The highest BCUT2D eigenvalue weighted by Crippen LogP contribution is 2.16. The van der Waals surface area contributed by atoms with Gasteiger partial charge in [0.05, 0.1) is 49.4 Å². The number of ketones is 3. The molecule has 0 saturated carbocycles. The molecule has 1 N–H and O–H groups in total. The van der Waals surface area contributed by atoms with Crippen molar-refractivity contribution >= 4 is 23.3 Å². The lowest BCUT2D eigenvalue weighted by atomic mass is 10.0. The van der Waals surface area contributed by atoms with Crippen LogP contribution in [0, 0.1) is 11.8 Å². The molecule has 0 fully saturated rings. The van der Waals surface area contributed by atoms with E-state index < -0.39 is 6.04 Å². The molecule has 0 bridgehead atoms. The second-order valence-electron chi connectivity index (χ2n) is 9.53. The SMILES string of the molecule is CC(=O)CCOCC(COCCC(=O)C(C)C)NC(=O)c1ccc(-c2ccc(C(=O)C(C)C)cn2)nc1. The van der Waals surface area contributed by atoms with E-state index in [2.05, 4.69) is 15.3 Å². The van der Waals surface area contributed by atoms with Crippen molar-refractivity contribution < 1.29 is 28.7 Å². The molecule has 1 atom stereocenters. The Balaban J connectivity index is 1.98. The second-order valence-corrected chi connectivity index (χ2v) is 9.53. The molecular formula is C28H37N3O6. The van der Waals surface area contributed by atoms with Crippen molar-refractivity contribution in [2.75, 3.05) is 26.4 Å². The number of aromatic nitrogens is 2. The molecule has 1 amide bonds. The fourth-order valence-electron chi connectivity index (χ4n) is 3.23.